The Morgan fingerprint density at radius 1 is 1.13 bits per heavy atom. The van der Waals surface area contributed by atoms with Gasteiger partial charge in [-0.3, -0.25) is 9.96 Å². The van der Waals surface area contributed by atoms with Crippen LogP contribution < -0.4 is 9.96 Å². The number of hydrogen-bond acceptors (Lipinski definition) is 4. The molecule has 15 heavy (non-hydrogen) atoms. The lowest BCUT2D eigenvalue weighted by Gasteiger charge is -2.32. The predicted molar refractivity (Wildman–Crippen MR) is 63.4 cm³/mol. The SMILES string of the molecule is CO[Si](NC(C)C)(NC1CCCC1)OC. The van der Waals surface area contributed by atoms with E-state index in [1.54, 1.807) is 14.2 Å². The van der Waals surface area contributed by atoms with Crippen LogP contribution in [0, 0.1) is 0 Å². The molecule has 0 heterocycles. The molecule has 0 amide bonds. The van der Waals surface area contributed by atoms with Gasteiger partial charge in [0.15, 0.2) is 0 Å². The predicted octanol–water partition coefficient (Wildman–Crippen LogP) is 1.24. The third-order valence-electron chi connectivity index (χ3n) is 2.80. The summed E-state index contributed by atoms with van der Waals surface area (Å²) in [4.78, 5) is 6.95. The van der Waals surface area contributed by atoms with Gasteiger partial charge in [-0.1, -0.05) is 26.7 Å². The fourth-order valence-electron chi connectivity index (χ4n) is 2.08. The topological polar surface area (TPSA) is 42.5 Å². The first-order valence-electron chi connectivity index (χ1n) is 5.77. The minimum absolute atomic E-state index is 0.366. The van der Waals surface area contributed by atoms with Crippen LogP contribution >= 0.6 is 0 Å². The number of hydrogen-bond donors (Lipinski definition) is 2. The lowest BCUT2D eigenvalue weighted by molar-refractivity contribution is 0.202. The second kappa shape index (κ2) is 5.96. The van der Waals surface area contributed by atoms with E-state index < -0.39 is 8.88 Å². The van der Waals surface area contributed by atoms with Crippen LogP contribution in [0.15, 0.2) is 0 Å². The van der Waals surface area contributed by atoms with Gasteiger partial charge in [0.25, 0.3) is 0 Å². The molecule has 0 saturated heterocycles. The Bertz CT molecular complexity index is 180. The van der Waals surface area contributed by atoms with Crippen LogP contribution in [0.3, 0.4) is 0 Å². The van der Waals surface area contributed by atoms with Crippen LogP contribution in [-0.2, 0) is 8.85 Å². The van der Waals surface area contributed by atoms with Crippen molar-refractivity contribution >= 4 is 8.88 Å². The molecular formula is C10H24N2O2Si. The zero-order chi connectivity index (χ0) is 11.3. The first-order chi connectivity index (χ1) is 7.12. The first kappa shape index (κ1) is 13.1. The molecule has 1 fully saturated rings. The molecular weight excluding hydrogens is 208 g/mol. The lowest BCUT2D eigenvalue weighted by atomic mass is 10.3. The molecule has 1 rings (SSSR count). The Labute approximate surface area is 94.1 Å². The van der Waals surface area contributed by atoms with Crippen LogP contribution in [0.4, 0.5) is 0 Å². The van der Waals surface area contributed by atoms with Crippen LogP contribution in [0.25, 0.3) is 0 Å². The second-order valence-corrected chi connectivity index (χ2v) is 7.08. The van der Waals surface area contributed by atoms with Gasteiger partial charge >= 0.3 is 8.88 Å². The molecule has 0 spiro atoms. The van der Waals surface area contributed by atoms with E-state index in [0.717, 1.165) is 0 Å². The molecule has 5 heteroatoms. The Morgan fingerprint density at radius 2 is 1.67 bits per heavy atom. The summed E-state index contributed by atoms with van der Waals surface area (Å²) in [6, 6.07) is 0.924. The van der Waals surface area contributed by atoms with Crippen LogP contribution in [-0.4, -0.2) is 35.2 Å². The molecule has 0 aromatic carbocycles. The minimum Gasteiger partial charge on any atom is -0.374 e. The summed E-state index contributed by atoms with van der Waals surface area (Å²) in [6.45, 7) is 4.21. The summed E-state index contributed by atoms with van der Waals surface area (Å²) < 4.78 is 11.1. The molecule has 1 aliphatic carbocycles. The van der Waals surface area contributed by atoms with E-state index in [-0.39, 0.29) is 0 Å². The van der Waals surface area contributed by atoms with Gasteiger partial charge in [-0.05, 0) is 12.8 Å². The lowest BCUT2D eigenvalue weighted by Crippen LogP contribution is -2.69. The van der Waals surface area contributed by atoms with Gasteiger partial charge < -0.3 is 8.85 Å². The van der Waals surface area contributed by atoms with E-state index in [1.165, 1.54) is 25.7 Å². The summed E-state index contributed by atoms with van der Waals surface area (Å²) >= 11 is 0. The van der Waals surface area contributed by atoms with Crippen molar-refractivity contribution in [1.82, 2.24) is 9.96 Å². The van der Waals surface area contributed by atoms with Crippen LogP contribution in [0.5, 0.6) is 0 Å². The molecule has 1 aliphatic rings. The molecule has 0 unspecified atom stereocenters. The quantitative estimate of drug-likeness (QED) is 0.676. The molecule has 2 N–H and O–H groups in total. The maximum absolute atomic E-state index is 5.55. The van der Waals surface area contributed by atoms with E-state index in [2.05, 4.69) is 23.8 Å². The first-order valence-corrected chi connectivity index (χ1v) is 7.59. The Morgan fingerprint density at radius 3 is 2.07 bits per heavy atom. The third kappa shape index (κ3) is 3.84. The van der Waals surface area contributed by atoms with Crippen molar-refractivity contribution in [2.24, 2.45) is 0 Å². The van der Waals surface area contributed by atoms with Gasteiger partial charge in [-0.15, -0.1) is 0 Å². The Balaban J connectivity index is 2.53. The van der Waals surface area contributed by atoms with Crippen molar-refractivity contribution in [2.45, 2.75) is 51.6 Å². The van der Waals surface area contributed by atoms with Crippen LogP contribution in [0.1, 0.15) is 39.5 Å². The largest absolute Gasteiger partial charge is 0.516 e. The highest BCUT2D eigenvalue weighted by atomic mass is 28.4. The van der Waals surface area contributed by atoms with Gasteiger partial charge in [0.1, 0.15) is 0 Å². The minimum atomic E-state index is -2.37. The summed E-state index contributed by atoms with van der Waals surface area (Å²) in [5, 5.41) is 0. The van der Waals surface area contributed by atoms with Gasteiger partial charge in [0, 0.05) is 26.3 Å². The maximum Gasteiger partial charge on any atom is 0.516 e. The molecule has 0 bridgehead atoms. The second-order valence-electron chi connectivity index (χ2n) is 4.45. The zero-order valence-corrected chi connectivity index (χ0v) is 11.3. The normalized spacial score (nSPS) is 19.0. The van der Waals surface area contributed by atoms with E-state index in [9.17, 15) is 0 Å². The van der Waals surface area contributed by atoms with Crippen molar-refractivity contribution in [3.8, 4) is 0 Å². The maximum atomic E-state index is 5.55. The van der Waals surface area contributed by atoms with Crippen LogP contribution in [0.2, 0.25) is 0 Å². The smallest absolute Gasteiger partial charge is 0.374 e. The van der Waals surface area contributed by atoms with Crippen molar-refractivity contribution < 1.29 is 8.85 Å². The third-order valence-corrected chi connectivity index (χ3v) is 5.70. The van der Waals surface area contributed by atoms with Crippen molar-refractivity contribution in [3.63, 3.8) is 0 Å². The van der Waals surface area contributed by atoms with Gasteiger partial charge in [0.05, 0.1) is 0 Å². The van der Waals surface area contributed by atoms with E-state index >= 15 is 0 Å². The van der Waals surface area contributed by atoms with E-state index in [0.29, 0.717) is 12.1 Å². The molecule has 0 aliphatic heterocycles. The van der Waals surface area contributed by atoms with Crippen molar-refractivity contribution in [2.75, 3.05) is 14.2 Å². The summed E-state index contributed by atoms with van der Waals surface area (Å²) in [5.41, 5.74) is 0. The molecule has 4 nitrogen and oxygen atoms in total. The number of nitrogens with one attached hydrogen (secondary N) is 2. The Hall–Kier alpha value is 0.0569. The summed E-state index contributed by atoms with van der Waals surface area (Å²) in [7, 11) is 1.06. The number of rotatable bonds is 6. The summed E-state index contributed by atoms with van der Waals surface area (Å²) in [5.74, 6) is 0. The van der Waals surface area contributed by atoms with E-state index in [4.69, 9.17) is 8.85 Å². The Kier molecular flexibility index (Phi) is 5.21. The molecule has 0 atom stereocenters. The summed E-state index contributed by atoms with van der Waals surface area (Å²) in [6.07, 6.45) is 5.11. The van der Waals surface area contributed by atoms with Crippen molar-refractivity contribution in [1.29, 1.82) is 0 Å². The van der Waals surface area contributed by atoms with Gasteiger partial charge in [-0.2, -0.15) is 0 Å². The van der Waals surface area contributed by atoms with Gasteiger partial charge in [-0.25, -0.2) is 0 Å². The van der Waals surface area contributed by atoms with Gasteiger partial charge in [0.2, 0.25) is 0 Å². The average molecular weight is 232 g/mol. The fourth-order valence-corrected chi connectivity index (χ4v) is 4.39. The molecule has 0 aromatic rings. The van der Waals surface area contributed by atoms with Crippen molar-refractivity contribution in [3.05, 3.63) is 0 Å². The molecule has 1 saturated carbocycles. The van der Waals surface area contributed by atoms with E-state index in [1.807, 2.05) is 0 Å². The fraction of sp³-hybridized carbons (Fsp3) is 1.00. The standard InChI is InChI=1S/C10H24N2O2Si/c1-9(2)11-15(13-3,14-4)12-10-7-5-6-8-10/h9-12H,5-8H2,1-4H3. The average Bonchev–Trinajstić information content (AvgIpc) is 2.68. The highest BCUT2D eigenvalue weighted by Gasteiger charge is 2.40. The highest BCUT2D eigenvalue weighted by molar-refractivity contribution is 6.62. The monoisotopic (exact) mass is 232 g/mol. The molecule has 0 radical (unpaired) electrons. The molecule has 0 aromatic heterocycles. The highest BCUT2D eigenvalue weighted by Crippen LogP contribution is 2.19. The molecule has 90 valence electrons. The zero-order valence-electron chi connectivity index (χ0n) is 10.3.